The summed E-state index contributed by atoms with van der Waals surface area (Å²) in [6.45, 7) is 1.33. The second-order valence-corrected chi connectivity index (χ2v) is 6.43. The first-order valence-corrected chi connectivity index (χ1v) is 8.89. The van der Waals surface area contributed by atoms with Crippen LogP contribution in [0.2, 0.25) is 0 Å². The molecule has 2 aromatic carbocycles. The molecule has 0 aliphatic rings. The van der Waals surface area contributed by atoms with Gasteiger partial charge in [0.2, 0.25) is 0 Å². The zero-order valence-electron chi connectivity index (χ0n) is 15.9. The first kappa shape index (κ1) is 20.2. The van der Waals surface area contributed by atoms with Crippen LogP contribution in [0.1, 0.15) is 17.3 Å². The van der Waals surface area contributed by atoms with Gasteiger partial charge in [-0.1, -0.05) is 6.07 Å². The van der Waals surface area contributed by atoms with Gasteiger partial charge >= 0.3 is 0 Å². The zero-order valence-corrected chi connectivity index (χ0v) is 15.9. The van der Waals surface area contributed by atoms with Gasteiger partial charge in [0, 0.05) is 11.6 Å². The van der Waals surface area contributed by atoms with Crippen LogP contribution >= 0.6 is 0 Å². The van der Waals surface area contributed by atoms with Crippen LogP contribution < -0.4 is 15.6 Å². The summed E-state index contributed by atoms with van der Waals surface area (Å²) in [7, 11) is 1.54. The van der Waals surface area contributed by atoms with E-state index in [2.05, 4.69) is 10.4 Å². The maximum atomic E-state index is 13.7. The molecule has 0 radical (unpaired) electrons. The maximum absolute atomic E-state index is 13.7. The number of aliphatic hydroxyl groups is 1. The molecule has 1 unspecified atom stereocenters. The number of nitrogens with one attached hydrogen (secondary N) is 1. The van der Waals surface area contributed by atoms with Crippen molar-refractivity contribution in [3.8, 4) is 22.7 Å². The zero-order chi connectivity index (χ0) is 21.0. The quantitative estimate of drug-likeness (QED) is 0.665. The molecule has 1 amide bonds. The van der Waals surface area contributed by atoms with E-state index in [9.17, 15) is 19.1 Å². The van der Waals surface area contributed by atoms with E-state index in [-0.39, 0.29) is 17.9 Å². The molecule has 0 spiro atoms. The summed E-state index contributed by atoms with van der Waals surface area (Å²) < 4.78 is 19.8. The van der Waals surface area contributed by atoms with Crippen LogP contribution in [0.3, 0.4) is 0 Å². The average molecular weight is 397 g/mol. The number of rotatable bonds is 6. The molecule has 0 saturated carbocycles. The number of ether oxygens (including phenoxy) is 1. The van der Waals surface area contributed by atoms with E-state index in [1.807, 2.05) is 0 Å². The van der Waals surface area contributed by atoms with Gasteiger partial charge in [-0.05, 0) is 55.5 Å². The van der Waals surface area contributed by atoms with E-state index < -0.39 is 23.3 Å². The largest absolute Gasteiger partial charge is 0.497 e. The number of hydrogen-bond donors (Lipinski definition) is 2. The highest BCUT2D eigenvalue weighted by Crippen LogP contribution is 2.21. The molecule has 1 heterocycles. The minimum atomic E-state index is -0.699. The van der Waals surface area contributed by atoms with Gasteiger partial charge < -0.3 is 15.2 Å². The van der Waals surface area contributed by atoms with Crippen molar-refractivity contribution in [2.24, 2.45) is 0 Å². The van der Waals surface area contributed by atoms with Gasteiger partial charge in [-0.25, -0.2) is 4.39 Å². The van der Waals surface area contributed by atoms with E-state index in [4.69, 9.17) is 4.74 Å². The average Bonchev–Trinajstić information content (AvgIpc) is 2.73. The summed E-state index contributed by atoms with van der Waals surface area (Å²) in [5.74, 6) is -0.549. The van der Waals surface area contributed by atoms with Gasteiger partial charge in [-0.2, -0.15) is 9.78 Å². The number of aromatic nitrogens is 2. The third-order valence-corrected chi connectivity index (χ3v) is 4.25. The summed E-state index contributed by atoms with van der Waals surface area (Å²) in [5.41, 5.74) is 0.305. The molecular weight excluding hydrogens is 377 g/mol. The maximum Gasteiger partial charge on any atom is 0.284 e. The van der Waals surface area contributed by atoms with Gasteiger partial charge in [0.1, 0.15) is 17.1 Å². The molecular formula is C21H20FN3O4. The first-order chi connectivity index (χ1) is 13.9. The Morgan fingerprint density at radius 1 is 1.24 bits per heavy atom. The van der Waals surface area contributed by atoms with Crippen molar-refractivity contribution >= 4 is 5.91 Å². The van der Waals surface area contributed by atoms with Crippen LogP contribution in [0.4, 0.5) is 4.39 Å². The normalized spacial score (nSPS) is 11.7. The monoisotopic (exact) mass is 397 g/mol. The van der Waals surface area contributed by atoms with Crippen LogP contribution in [0.15, 0.2) is 59.4 Å². The van der Waals surface area contributed by atoms with Crippen LogP contribution in [-0.2, 0) is 0 Å². The third-order valence-electron chi connectivity index (χ3n) is 4.25. The first-order valence-electron chi connectivity index (χ1n) is 8.89. The summed E-state index contributed by atoms with van der Waals surface area (Å²) in [6.07, 6.45) is 0. The SMILES string of the molecule is COc1ccc(-c2cc(C(=O)NC(C)CO)c(=O)n(-c3cccc(F)c3)n2)cc1. The van der Waals surface area contributed by atoms with Crippen molar-refractivity contribution in [2.75, 3.05) is 13.7 Å². The molecule has 3 rings (SSSR count). The number of carbonyl (C=O) groups excluding carboxylic acids is 1. The Bertz CT molecular complexity index is 1080. The van der Waals surface area contributed by atoms with Crippen LogP contribution in [0, 0.1) is 5.82 Å². The fraction of sp³-hybridized carbons (Fsp3) is 0.190. The number of aliphatic hydroxyl groups excluding tert-OH is 1. The van der Waals surface area contributed by atoms with Crippen molar-refractivity contribution in [2.45, 2.75) is 13.0 Å². The van der Waals surface area contributed by atoms with E-state index in [1.165, 1.54) is 24.3 Å². The highest BCUT2D eigenvalue weighted by Gasteiger charge is 2.19. The Balaban J connectivity index is 2.18. The van der Waals surface area contributed by atoms with E-state index in [1.54, 1.807) is 38.3 Å². The molecule has 7 nitrogen and oxygen atoms in total. The summed E-state index contributed by atoms with van der Waals surface area (Å²) >= 11 is 0. The Hall–Kier alpha value is -3.52. The summed E-state index contributed by atoms with van der Waals surface area (Å²) in [6, 6.07) is 13.1. The van der Waals surface area contributed by atoms with Gasteiger partial charge in [0.15, 0.2) is 0 Å². The number of methoxy groups -OCH3 is 1. The minimum absolute atomic E-state index is 0.171. The number of carbonyl (C=O) groups is 1. The number of amides is 1. The second kappa shape index (κ2) is 8.66. The molecule has 0 bridgehead atoms. The molecule has 2 N–H and O–H groups in total. The Kier molecular flexibility index (Phi) is 6.04. The van der Waals surface area contributed by atoms with Crippen molar-refractivity contribution in [1.29, 1.82) is 0 Å². The van der Waals surface area contributed by atoms with Crippen molar-refractivity contribution < 1.29 is 19.0 Å². The lowest BCUT2D eigenvalue weighted by molar-refractivity contribution is 0.0920. The van der Waals surface area contributed by atoms with Gasteiger partial charge in [0.05, 0.1) is 25.1 Å². The summed E-state index contributed by atoms with van der Waals surface area (Å²) in [4.78, 5) is 25.5. The molecule has 0 saturated heterocycles. The number of halogens is 1. The van der Waals surface area contributed by atoms with Crippen molar-refractivity contribution in [3.63, 3.8) is 0 Å². The molecule has 3 aromatic rings. The van der Waals surface area contributed by atoms with E-state index >= 15 is 0 Å². The molecule has 150 valence electrons. The fourth-order valence-corrected chi connectivity index (χ4v) is 2.69. The molecule has 1 atom stereocenters. The molecule has 0 aliphatic heterocycles. The predicted molar refractivity (Wildman–Crippen MR) is 106 cm³/mol. The molecule has 8 heteroatoms. The predicted octanol–water partition coefficient (Wildman–Crippen LogP) is 2.16. The van der Waals surface area contributed by atoms with Crippen molar-refractivity contribution in [3.05, 3.63) is 76.3 Å². The van der Waals surface area contributed by atoms with Gasteiger partial charge in [0.25, 0.3) is 11.5 Å². The lowest BCUT2D eigenvalue weighted by Gasteiger charge is -2.13. The van der Waals surface area contributed by atoms with Crippen LogP contribution in [0.5, 0.6) is 5.75 Å². The highest BCUT2D eigenvalue weighted by atomic mass is 19.1. The van der Waals surface area contributed by atoms with Crippen LogP contribution in [-0.4, -0.2) is 40.6 Å². The molecule has 1 aromatic heterocycles. The summed E-state index contributed by atoms with van der Waals surface area (Å²) in [5, 5.41) is 16.0. The lowest BCUT2D eigenvalue weighted by Crippen LogP contribution is -2.39. The van der Waals surface area contributed by atoms with E-state index in [0.717, 1.165) is 10.7 Å². The van der Waals surface area contributed by atoms with Crippen LogP contribution in [0.25, 0.3) is 16.9 Å². The Morgan fingerprint density at radius 3 is 2.59 bits per heavy atom. The second-order valence-electron chi connectivity index (χ2n) is 6.43. The minimum Gasteiger partial charge on any atom is -0.497 e. The van der Waals surface area contributed by atoms with Gasteiger partial charge in [-0.15, -0.1) is 0 Å². The number of nitrogens with zero attached hydrogens (tertiary/aromatic N) is 2. The van der Waals surface area contributed by atoms with E-state index in [0.29, 0.717) is 17.0 Å². The smallest absolute Gasteiger partial charge is 0.284 e. The standard InChI is InChI=1S/C21H20FN3O4/c1-13(12-26)23-20(27)18-11-19(14-6-8-17(29-2)9-7-14)24-25(21(18)28)16-5-3-4-15(22)10-16/h3-11,13,26H,12H2,1-2H3,(H,23,27). The third kappa shape index (κ3) is 4.49. The molecule has 29 heavy (non-hydrogen) atoms. The highest BCUT2D eigenvalue weighted by molar-refractivity contribution is 5.95. The fourth-order valence-electron chi connectivity index (χ4n) is 2.69. The molecule has 0 aliphatic carbocycles. The Morgan fingerprint density at radius 2 is 1.97 bits per heavy atom. The number of benzene rings is 2. The number of hydrogen-bond acceptors (Lipinski definition) is 5. The lowest BCUT2D eigenvalue weighted by atomic mass is 10.1. The topological polar surface area (TPSA) is 93.5 Å². The van der Waals surface area contributed by atoms with Gasteiger partial charge in [-0.3, -0.25) is 9.59 Å². The van der Waals surface area contributed by atoms with Crippen molar-refractivity contribution in [1.82, 2.24) is 15.1 Å². The Labute approximate surface area is 166 Å². The molecule has 0 fully saturated rings.